The number of rotatable bonds is 5. The molecule has 9 heteroatoms. The highest BCUT2D eigenvalue weighted by Gasteiger charge is 2.19. The number of anilines is 2. The molecular weight excluding hydrogens is 374 g/mol. The quantitative estimate of drug-likeness (QED) is 0.558. The molecule has 5 rings (SSSR count). The summed E-state index contributed by atoms with van der Waals surface area (Å²) in [6.07, 6.45) is 5.42. The van der Waals surface area contributed by atoms with E-state index >= 15 is 0 Å². The summed E-state index contributed by atoms with van der Waals surface area (Å²) in [5.74, 6) is 1.42. The van der Waals surface area contributed by atoms with Crippen molar-refractivity contribution < 1.29 is 4.74 Å². The van der Waals surface area contributed by atoms with Crippen molar-refractivity contribution in [2.45, 2.75) is 6.54 Å². The molecule has 5 heterocycles. The monoisotopic (exact) mass is 393 g/mol. The summed E-state index contributed by atoms with van der Waals surface area (Å²) in [4.78, 5) is 20.6. The maximum absolute atomic E-state index is 5.48. The molecule has 28 heavy (non-hydrogen) atoms. The van der Waals surface area contributed by atoms with Gasteiger partial charge in [0.15, 0.2) is 17.0 Å². The Morgan fingerprint density at radius 3 is 2.89 bits per heavy atom. The first-order chi connectivity index (χ1) is 13.9. The largest absolute Gasteiger partial charge is 0.378 e. The van der Waals surface area contributed by atoms with Crippen LogP contribution in [0.2, 0.25) is 0 Å². The highest BCUT2D eigenvalue weighted by atomic mass is 32.1. The van der Waals surface area contributed by atoms with Crippen LogP contribution >= 0.6 is 11.3 Å². The summed E-state index contributed by atoms with van der Waals surface area (Å²) in [6, 6.07) is 6.02. The third kappa shape index (κ3) is 3.30. The van der Waals surface area contributed by atoms with Crippen LogP contribution in [-0.4, -0.2) is 50.8 Å². The molecular formula is C19H19N7OS. The molecule has 0 amide bonds. The molecule has 1 fully saturated rings. The first kappa shape index (κ1) is 17.1. The molecule has 0 atom stereocenters. The van der Waals surface area contributed by atoms with Crippen molar-refractivity contribution in [3.63, 3.8) is 0 Å². The fourth-order valence-corrected chi connectivity index (χ4v) is 3.82. The minimum absolute atomic E-state index is 0.619. The van der Waals surface area contributed by atoms with Gasteiger partial charge in [0.25, 0.3) is 0 Å². The van der Waals surface area contributed by atoms with E-state index in [4.69, 9.17) is 14.7 Å². The van der Waals surface area contributed by atoms with Crippen LogP contribution in [0.3, 0.4) is 0 Å². The summed E-state index contributed by atoms with van der Waals surface area (Å²) < 4.78 is 7.48. The van der Waals surface area contributed by atoms with Crippen LogP contribution in [0.4, 0.5) is 11.8 Å². The molecule has 0 aliphatic carbocycles. The molecule has 142 valence electrons. The molecule has 0 aromatic carbocycles. The van der Waals surface area contributed by atoms with Gasteiger partial charge in [0.05, 0.1) is 18.9 Å². The predicted molar refractivity (Wildman–Crippen MR) is 109 cm³/mol. The van der Waals surface area contributed by atoms with E-state index in [1.54, 1.807) is 23.9 Å². The third-order valence-electron chi connectivity index (χ3n) is 4.65. The fourth-order valence-electron chi connectivity index (χ4n) is 3.19. The average molecular weight is 393 g/mol. The number of nitrogens with zero attached hydrogens (tertiary/aromatic N) is 6. The van der Waals surface area contributed by atoms with Crippen LogP contribution in [0.1, 0.15) is 5.56 Å². The first-order valence-corrected chi connectivity index (χ1v) is 10.1. The molecule has 1 saturated heterocycles. The number of imidazole rings is 1. The number of ether oxygens (including phenoxy) is 1. The molecule has 0 spiro atoms. The Kier molecular flexibility index (Phi) is 4.59. The van der Waals surface area contributed by atoms with Gasteiger partial charge in [-0.3, -0.25) is 9.55 Å². The maximum atomic E-state index is 5.48. The number of aromatic nitrogens is 5. The number of pyridine rings is 1. The zero-order chi connectivity index (χ0) is 18.8. The molecule has 4 aromatic rings. The van der Waals surface area contributed by atoms with Crippen LogP contribution in [0.25, 0.3) is 16.9 Å². The van der Waals surface area contributed by atoms with Gasteiger partial charge in [-0.2, -0.15) is 21.3 Å². The highest BCUT2D eigenvalue weighted by molar-refractivity contribution is 7.08. The van der Waals surface area contributed by atoms with Crippen LogP contribution in [-0.2, 0) is 11.3 Å². The standard InChI is InChI=1S/C19H19N7OS/c1-2-14(10-20-4-1)11-21-17-16-18(26(13-22-16)15-3-9-28-12-15)24-19(23-17)25-5-7-27-8-6-25/h1-4,9-10,12-13H,5-8,11H2,(H,21,23,24). The summed E-state index contributed by atoms with van der Waals surface area (Å²) in [6.45, 7) is 3.54. The van der Waals surface area contributed by atoms with E-state index in [0.717, 1.165) is 41.3 Å². The van der Waals surface area contributed by atoms with Gasteiger partial charge in [-0.1, -0.05) is 6.07 Å². The Labute approximate surface area is 165 Å². The maximum Gasteiger partial charge on any atom is 0.229 e. The van der Waals surface area contributed by atoms with E-state index in [1.165, 1.54) is 0 Å². The Morgan fingerprint density at radius 1 is 1.18 bits per heavy atom. The van der Waals surface area contributed by atoms with E-state index in [0.29, 0.717) is 25.7 Å². The van der Waals surface area contributed by atoms with Crippen LogP contribution in [0.5, 0.6) is 0 Å². The van der Waals surface area contributed by atoms with Gasteiger partial charge in [-0.15, -0.1) is 0 Å². The van der Waals surface area contributed by atoms with Gasteiger partial charge in [-0.25, -0.2) is 4.98 Å². The molecule has 1 aliphatic heterocycles. The number of fused-ring (bicyclic) bond motifs is 1. The van der Waals surface area contributed by atoms with E-state index in [9.17, 15) is 0 Å². The van der Waals surface area contributed by atoms with Crippen molar-refractivity contribution in [3.8, 4) is 5.69 Å². The number of morpholine rings is 1. The van der Waals surface area contributed by atoms with Crippen molar-refractivity contribution in [3.05, 3.63) is 53.2 Å². The fraction of sp³-hybridized carbons (Fsp3) is 0.263. The highest BCUT2D eigenvalue weighted by Crippen LogP contribution is 2.26. The third-order valence-corrected chi connectivity index (χ3v) is 5.32. The topological polar surface area (TPSA) is 81.0 Å². The van der Waals surface area contributed by atoms with Crippen molar-refractivity contribution in [1.82, 2.24) is 24.5 Å². The molecule has 0 unspecified atom stereocenters. The zero-order valence-corrected chi connectivity index (χ0v) is 16.0. The number of hydrogen-bond donors (Lipinski definition) is 1. The van der Waals surface area contributed by atoms with Crippen LogP contribution in [0.15, 0.2) is 47.7 Å². The lowest BCUT2D eigenvalue weighted by atomic mass is 10.3. The van der Waals surface area contributed by atoms with Crippen molar-refractivity contribution in [2.75, 3.05) is 36.5 Å². The van der Waals surface area contributed by atoms with E-state index in [-0.39, 0.29) is 0 Å². The lowest BCUT2D eigenvalue weighted by Crippen LogP contribution is -2.37. The molecule has 4 aromatic heterocycles. The normalized spacial score (nSPS) is 14.5. The Morgan fingerprint density at radius 2 is 2.11 bits per heavy atom. The van der Waals surface area contributed by atoms with Crippen molar-refractivity contribution in [2.24, 2.45) is 0 Å². The minimum atomic E-state index is 0.619. The van der Waals surface area contributed by atoms with Crippen molar-refractivity contribution >= 4 is 34.3 Å². The van der Waals surface area contributed by atoms with Gasteiger partial charge in [0.1, 0.15) is 6.33 Å². The number of thiophene rings is 1. The molecule has 1 aliphatic rings. The summed E-state index contributed by atoms with van der Waals surface area (Å²) >= 11 is 1.65. The SMILES string of the molecule is c1cncc(CNc2nc(N3CCOCC3)nc3c2ncn3-c2ccsc2)c1. The molecule has 0 radical (unpaired) electrons. The summed E-state index contributed by atoms with van der Waals surface area (Å²) in [5.41, 5.74) is 3.69. The molecule has 8 nitrogen and oxygen atoms in total. The molecule has 0 bridgehead atoms. The van der Waals surface area contributed by atoms with E-state index in [1.807, 2.05) is 28.3 Å². The van der Waals surface area contributed by atoms with Gasteiger partial charge in [0, 0.05) is 37.4 Å². The summed E-state index contributed by atoms with van der Waals surface area (Å²) in [7, 11) is 0. The Hall–Kier alpha value is -3.04. The Bertz CT molecular complexity index is 1060. The lowest BCUT2D eigenvalue weighted by molar-refractivity contribution is 0.122. The minimum Gasteiger partial charge on any atom is -0.378 e. The second kappa shape index (κ2) is 7.53. The predicted octanol–water partition coefficient (Wildman–Crippen LogP) is 2.72. The lowest BCUT2D eigenvalue weighted by Gasteiger charge is -2.27. The van der Waals surface area contributed by atoms with Gasteiger partial charge >= 0.3 is 0 Å². The summed E-state index contributed by atoms with van der Waals surface area (Å²) in [5, 5.41) is 7.55. The number of hydrogen-bond acceptors (Lipinski definition) is 8. The van der Waals surface area contributed by atoms with E-state index in [2.05, 4.69) is 31.6 Å². The van der Waals surface area contributed by atoms with Gasteiger partial charge in [-0.05, 0) is 23.1 Å². The van der Waals surface area contributed by atoms with E-state index < -0.39 is 0 Å². The average Bonchev–Trinajstić information content (AvgIpc) is 3.43. The molecule has 0 saturated carbocycles. The number of nitrogens with one attached hydrogen (secondary N) is 1. The molecule has 1 N–H and O–H groups in total. The second-order valence-corrected chi connectivity index (χ2v) is 7.23. The van der Waals surface area contributed by atoms with Gasteiger partial charge < -0.3 is 15.0 Å². The zero-order valence-electron chi connectivity index (χ0n) is 15.2. The second-order valence-electron chi connectivity index (χ2n) is 6.45. The Balaban J connectivity index is 1.56. The van der Waals surface area contributed by atoms with Crippen molar-refractivity contribution in [1.29, 1.82) is 0 Å². The van der Waals surface area contributed by atoms with Gasteiger partial charge in [0.2, 0.25) is 5.95 Å². The smallest absolute Gasteiger partial charge is 0.229 e. The van der Waals surface area contributed by atoms with Crippen LogP contribution in [0, 0.1) is 0 Å². The first-order valence-electron chi connectivity index (χ1n) is 9.11. The van der Waals surface area contributed by atoms with Crippen LogP contribution < -0.4 is 10.2 Å².